The van der Waals surface area contributed by atoms with Gasteiger partial charge in [0.25, 0.3) is 0 Å². The fraction of sp³-hybridized carbons (Fsp3) is 0.350. The van der Waals surface area contributed by atoms with Gasteiger partial charge in [0.15, 0.2) is 5.65 Å². The molecule has 0 radical (unpaired) electrons. The van der Waals surface area contributed by atoms with Crippen LogP contribution in [-0.2, 0) is 0 Å². The highest BCUT2D eigenvalue weighted by atomic mass is 35.5. The predicted molar refractivity (Wildman–Crippen MR) is 104 cm³/mol. The highest BCUT2D eigenvalue weighted by Gasteiger charge is 2.24. The molecule has 4 rings (SSSR count). The van der Waals surface area contributed by atoms with Crippen LogP contribution in [0.3, 0.4) is 0 Å². The van der Waals surface area contributed by atoms with Crippen LogP contribution in [0.5, 0.6) is 0 Å². The highest BCUT2D eigenvalue weighted by molar-refractivity contribution is 6.30. The zero-order valence-corrected chi connectivity index (χ0v) is 15.2. The third-order valence-corrected chi connectivity index (χ3v) is 5.29. The van der Waals surface area contributed by atoms with E-state index in [2.05, 4.69) is 15.1 Å². The molecular weight excluding hydrogens is 346 g/mol. The lowest BCUT2D eigenvalue weighted by Crippen LogP contribution is -2.22. The lowest BCUT2D eigenvalue weighted by atomic mass is 9.86. The van der Waals surface area contributed by atoms with E-state index in [1.807, 2.05) is 47.1 Å². The summed E-state index contributed by atoms with van der Waals surface area (Å²) in [6.45, 7) is 8.04. The van der Waals surface area contributed by atoms with Gasteiger partial charge in [0.1, 0.15) is 5.82 Å². The minimum atomic E-state index is 0.229. The fourth-order valence-corrected chi connectivity index (χ4v) is 3.73. The Morgan fingerprint density at radius 1 is 1.19 bits per heavy atom. The number of aromatic nitrogens is 3. The molecule has 26 heavy (non-hydrogen) atoms. The molecular formula is C20H20ClN5. The first kappa shape index (κ1) is 16.9. The van der Waals surface area contributed by atoms with Crippen molar-refractivity contribution in [1.29, 1.82) is 0 Å². The van der Waals surface area contributed by atoms with Crippen molar-refractivity contribution >= 4 is 23.1 Å². The Morgan fingerprint density at radius 2 is 2.04 bits per heavy atom. The monoisotopic (exact) mass is 365 g/mol. The van der Waals surface area contributed by atoms with E-state index in [9.17, 15) is 0 Å². The largest absolute Gasteiger partial charge is 0.368 e. The summed E-state index contributed by atoms with van der Waals surface area (Å²) >= 11 is 6.12. The number of anilines is 1. The SMILES string of the molecule is [C-]#[N+]C1CCC(CNc2ccc3ncc(-c4cccc(Cl)c4)n3n2)CC1. The normalized spacial score (nSPS) is 20.0. The molecule has 2 aromatic heterocycles. The zero-order valence-electron chi connectivity index (χ0n) is 14.4. The van der Waals surface area contributed by atoms with Gasteiger partial charge < -0.3 is 10.2 Å². The zero-order chi connectivity index (χ0) is 17.9. The van der Waals surface area contributed by atoms with Crippen LogP contribution in [0.15, 0.2) is 42.6 Å². The molecule has 6 heteroatoms. The van der Waals surface area contributed by atoms with Crippen LogP contribution in [0, 0.1) is 12.5 Å². The van der Waals surface area contributed by atoms with E-state index in [1.165, 1.54) is 0 Å². The minimum absolute atomic E-state index is 0.229. The van der Waals surface area contributed by atoms with E-state index in [-0.39, 0.29) is 6.04 Å². The molecule has 1 aliphatic rings. The Balaban J connectivity index is 1.51. The molecule has 1 saturated carbocycles. The predicted octanol–water partition coefficient (Wildman–Crippen LogP) is 4.94. The van der Waals surface area contributed by atoms with E-state index < -0.39 is 0 Å². The van der Waals surface area contributed by atoms with Crippen molar-refractivity contribution < 1.29 is 0 Å². The molecule has 1 aromatic carbocycles. The third-order valence-electron chi connectivity index (χ3n) is 5.05. The van der Waals surface area contributed by atoms with Crippen LogP contribution in [-0.4, -0.2) is 27.2 Å². The van der Waals surface area contributed by atoms with Gasteiger partial charge in [0.05, 0.1) is 11.9 Å². The van der Waals surface area contributed by atoms with Gasteiger partial charge in [-0.1, -0.05) is 23.7 Å². The van der Waals surface area contributed by atoms with Gasteiger partial charge in [0, 0.05) is 30.0 Å². The molecule has 0 bridgehead atoms. The Morgan fingerprint density at radius 3 is 2.81 bits per heavy atom. The number of benzene rings is 1. The molecule has 0 saturated heterocycles. The van der Waals surface area contributed by atoms with Gasteiger partial charge in [-0.15, -0.1) is 5.10 Å². The molecule has 1 aliphatic carbocycles. The number of fused-ring (bicyclic) bond motifs is 1. The number of halogens is 1. The molecule has 2 heterocycles. The maximum atomic E-state index is 7.15. The molecule has 0 unspecified atom stereocenters. The van der Waals surface area contributed by atoms with Crippen LogP contribution in [0.2, 0.25) is 5.02 Å². The van der Waals surface area contributed by atoms with Crippen LogP contribution in [0.1, 0.15) is 25.7 Å². The van der Waals surface area contributed by atoms with E-state index in [1.54, 1.807) is 0 Å². The van der Waals surface area contributed by atoms with Crippen molar-refractivity contribution in [1.82, 2.24) is 14.6 Å². The first-order valence-electron chi connectivity index (χ1n) is 8.94. The maximum Gasteiger partial charge on any atom is 0.223 e. The topological polar surface area (TPSA) is 46.6 Å². The summed E-state index contributed by atoms with van der Waals surface area (Å²) in [4.78, 5) is 8.11. The maximum absolute atomic E-state index is 7.15. The summed E-state index contributed by atoms with van der Waals surface area (Å²) in [5.74, 6) is 1.45. The van der Waals surface area contributed by atoms with Crippen molar-refractivity contribution in [3.05, 3.63) is 59.0 Å². The molecule has 0 aliphatic heterocycles. The number of imidazole rings is 1. The Kier molecular flexibility index (Phi) is 4.77. The lowest BCUT2D eigenvalue weighted by molar-refractivity contribution is 0.360. The first-order chi connectivity index (χ1) is 12.7. The molecule has 0 amide bonds. The molecule has 3 aromatic rings. The molecule has 1 fully saturated rings. The summed E-state index contributed by atoms with van der Waals surface area (Å²) < 4.78 is 1.85. The van der Waals surface area contributed by atoms with Gasteiger partial charge >= 0.3 is 0 Å². The third kappa shape index (κ3) is 3.51. The Hall–Kier alpha value is -2.58. The summed E-state index contributed by atoms with van der Waals surface area (Å²) in [7, 11) is 0. The number of nitrogens with zero attached hydrogens (tertiary/aromatic N) is 4. The Labute approximate surface area is 157 Å². The van der Waals surface area contributed by atoms with Crippen molar-refractivity contribution in [3.63, 3.8) is 0 Å². The van der Waals surface area contributed by atoms with Crippen molar-refractivity contribution in [2.24, 2.45) is 5.92 Å². The number of nitrogens with one attached hydrogen (secondary N) is 1. The second-order valence-corrected chi connectivity index (χ2v) is 7.26. The quantitative estimate of drug-likeness (QED) is 0.666. The van der Waals surface area contributed by atoms with Gasteiger partial charge in [-0.2, -0.15) is 0 Å². The highest BCUT2D eigenvalue weighted by Crippen LogP contribution is 2.27. The number of rotatable bonds is 4. The fourth-order valence-electron chi connectivity index (χ4n) is 3.54. The molecule has 0 atom stereocenters. The van der Waals surface area contributed by atoms with E-state index in [0.717, 1.165) is 55.0 Å². The van der Waals surface area contributed by atoms with Crippen molar-refractivity contribution in [3.8, 4) is 11.3 Å². The number of hydrogen-bond donors (Lipinski definition) is 1. The number of hydrogen-bond acceptors (Lipinski definition) is 3. The van der Waals surface area contributed by atoms with Crippen LogP contribution < -0.4 is 5.32 Å². The van der Waals surface area contributed by atoms with Crippen molar-refractivity contribution in [2.75, 3.05) is 11.9 Å². The molecule has 1 N–H and O–H groups in total. The summed E-state index contributed by atoms with van der Waals surface area (Å²) in [6.07, 6.45) is 6.08. The standard InChI is InChI=1S/C20H20ClN5/c1-22-17-7-5-14(6-8-17)12-23-19-9-10-20-24-13-18(26(20)25-19)15-3-2-4-16(21)11-15/h2-4,9-11,13-14,17H,5-8,12H2,(H,23,25). The first-order valence-corrected chi connectivity index (χ1v) is 9.32. The molecule has 132 valence electrons. The average Bonchev–Trinajstić information content (AvgIpc) is 3.10. The molecule has 0 spiro atoms. The van der Waals surface area contributed by atoms with Gasteiger partial charge in [-0.05, 0) is 43.0 Å². The lowest BCUT2D eigenvalue weighted by Gasteiger charge is -2.22. The van der Waals surface area contributed by atoms with Crippen molar-refractivity contribution in [2.45, 2.75) is 31.7 Å². The average molecular weight is 366 g/mol. The van der Waals surface area contributed by atoms with Crippen LogP contribution in [0.25, 0.3) is 21.7 Å². The Bertz CT molecular complexity index is 950. The summed E-state index contributed by atoms with van der Waals surface area (Å²) in [5.41, 5.74) is 2.72. The van der Waals surface area contributed by atoms with Crippen LogP contribution >= 0.6 is 11.6 Å². The van der Waals surface area contributed by atoms with Crippen LogP contribution in [0.4, 0.5) is 5.82 Å². The van der Waals surface area contributed by atoms with Gasteiger partial charge in [-0.25, -0.2) is 16.1 Å². The second kappa shape index (κ2) is 7.35. The van der Waals surface area contributed by atoms with E-state index >= 15 is 0 Å². The summed E-state index contributed by atoms with van der Waals surface area (Å²) in [5, 5.41) is 8.86. The second-order valence-electron chi connectivity index (χ2n) is 6.83. The summed E-state index contributed by atoms with van der Waals surface area (Å²) in [6, 6.07) is 11.9. The minimum Gasteiger partial charge on any atom is -0.368 e. The van der Waals surface area contributed by atoms with Gasteiger partial charge in [0.2, 0.25) is 6.04 Å². The van der Waals surface area contributed by atoms with E-state index in [4.69, 9.17) is 23.3 Å². The smallest absolute Gasteiger partial charge is 0.223 e. The van der Waals surface area contributed by atoms with E-state index in [0.29, 0.717) is 10.9 Å². The molecule has 5 nitrogen and oxygen atoms in total. The van der Waals surface area contributed by atoms with Gasteiger partial charge in [-0.3, -0.25) is 0 Å².